The molecule has 5 heteroatoms. The number of aryl methyl sites for hydroxylation is 1. The maximum Gasteiger partial charge on any atom is 0.261 e. The van der Waals surface area contributed by atoms with Crippen molar-refractivity contribution in [3.8, 4) is 11.8 Å². The lowest BCUT2D eigenvalue weighted by Gasteiger charge is -2.09. The molecule has 2 aromatic heterocycles. The summed E-state index contributed by atoms with van der Waals surface area (Å²) in [6.07, 6.45) is 4.33. The summed E-state index contributed by atoms with van der Waals surface area (Å²) in [6.45, 7) is 4.48. The van der Waals surface area contributed by atoms with Gasteiger partial charge in [-0.1, -0.05) is 36.4 Å². The van der Waals surface area contributed by atoms with Crippen molar-refractivity contribution in [2.24, 2.45) is 0 Å². The Morgan fingerprint density at radius 1 is 1.13 bits per heavy atom. The fraction of sp³-hybridized carbons (Fsp3) is 0.154. The molecule has 0 unspecified atom stereocenters. The molecule has 0 spiro atoms. The second-order valence-corrected chi connectivity index (χ2v) is 7.53. The summed E-state index contributed by atoms with van der Waals surface area (Å²) in [5.41, 5.74) is 6.28. The minimum absolute atomic E-state index is 0.104. The lowest BCUT2D eigenvalue weighted by Crippen LogP contribution is -2.26. The molecular weight excluding hydrogens is 384 g/mol. The van der Waals surface area contributed by atoms with E-state index in [9.17, 15) is 10.1 Å². The van der Waals surface area contributed by atoms with Crippen LogP contribution in [0.5, 0.6) is 0 Å². The molecule has 0 saturated carbocycles. The first kappa shape index (κ1) is 20.2. The van der Waals surface area contributed by atoms with E-state index in [2.05, 4.69) is 27.0 Å². The number of amides is 1. The molecule has 2 N–H and O–H groups in total. The number of carbonyl (C=O) groups is 1. The molecule has 0 bridgehead atoms. The third-order valence-electron chi connectivity index (χ3n) is 5.50. The van der Waals surface area contributed by atoms with E-state index < -0.39 is 0 Å². The maximum atomic E-state index is 12.6. The molecule has 0 saturated heterocycles. The Bertz CT molecular complexity index is 1300. The number of hydrogen-bond acceptors (Lipinski definition) is 2. The Morgan fingerprint density at radius 2 is 1.87 bits per heavy atom. The van der Waals surface area contributed by atoms with Gasteiger partial charge in [0.05, 0.1) is 0 Å². The van der Waals surface area contributed by atoms with Crippen LogP contribution in [0.15, 0.2) is 72.4 Å². The summed E-state index contributed by atoms with van der Waals surface area (Å²) in [6, 6.07) is 22.2. The Balaban J connectivity index is 1.48. The van der Waals surface area contributed by atoms with E-state index in [0.29, 0.717) is 13.0 Å². The van der Waals surface area contributed by atoms with Gasteiger partial charge in [-0.25, -0.2) is 0 Å². The number of aromatic amines is 1. The molecule has 0 aliphatic rings. The average molecular weight is 409 g/mol. The number of fused-ring (bicyclic) bond motifs is 1. The quantitative estimate of drug-likeness (QED) is 0.354. The molecule has 0 atom stereocenters. The van der Waals surface area contributed by atoms with Crippen LogP contribution in [0.25, 0.3) is 22.7 Å². The molecule has 0 radical (unpaired) electrons. The summed E-state index contributed by atoms with van der Waals surface area (Å²) in [7, 11) is 0. The molecular formula is C26H24N4O. The Hall–Kier alpha value is -4.04. The Morgan fingerprint density at radius 3 is 2.65 bits per heavy atom. The molecule has 4 aromatic rings. The van der Waals surface area contributed by atoms with Crippen LogP contribution in [0, 0.1) is 25.2 Å². The topological polar surface area (TPSA) is 73.6 Å². The second-order valence-electron chi connectivity index (χ2n) is 7.53. The van der Waals surface area contributed by atoms with Crippen LogP contribution < -0.4 is 5.32 Å². The lowest BCUT2D eigenvalue weighted by atomic mass is 10.1. The second kappa shape index (κ2) is 8.76. The monoisotopic (exact) mass is 408 g/mol. The van der Waals surface area contributed by atoms with Crippen molar-refractivity contribution in [2.45, 2.75) is 20.3 Å². The number of rotatable bonds is 6. The van der Waals surface area contributed by atoms with E-state index in [-0.39, 0.29) is 11.5 Å². The number of aromatic nitrogens is 2. The number of benzene rings is 2. The summed E-state index contributed by atoms with van der Waals surface area (Å²) in [5.74, 6) is -0.355. The predicted octanol–water partition coefficient (Wildman–Crippen LogP) is 4.84. The van der Waals surface area contributed by atoms with Crippen molar-refractivity contribution in [3.63, 3.8) is 0 Å². The molecule has 2 aromatic carbocycles. The van der Waals surface area contributed by atoms with Gasteiger partial charge in [0.15, 0.2) is 0 Å². The molecule has 0 aliphatic heterocycles. The number of hydrogen-bond donors (Lipinski definition) is 2. The van der Waals surface area contributed by atoms with Crippen molar-refractivity contribution >= 4 is 22.9 Å². The van der Waals surface area contributed by atoms with E-state index >= 15 is 0 Å². The van der Waals surface area contributed by atoms with Gasteiger partial charge in [0, 0.05) is 40.7 Å². The highest BCUT2D eigenvalue weighted by Crippen LogP contribution is 2.23. The molecule has 5 nitrogen and oxygen atoms in total. The number of nitrogens with zero attached hydrogens (tertiary/aromatic N) is 2. The summed E-state index contributed by atoms with van der Waals surface area (Å²) < 4.78 is 2.12. The van der Waals surface area contributed by atoms with E-state index in [1.807, 2.05) is 74.6 Å². The first-order valence-corrected chi connectivity index (χ1v) is 10.3. The van der Waals surface area contributed by atoms with Crippen molar-refractivity contribution in [3.05, 3.63) is 94.9 Å². The smallest absolute Gasteiger partial charge is 0.261 e. The first-order valence-electron chi connectivity index (χ1n) is 10.3. The number of nitrogens with one attached hydrogen (secondary N) is 2. The van der Waals surface area contributed by atoms with Crippen LogP contribution in [0.2, 0.25) is 0 Å². The molecule has 4 rings (SSSR count). The zero-order valence-electron chi connectivity index (χ0n) is 17.6. The van der Waals surface area contributed by atoms with Gasteiger partial charge in [-0.15, -0.1) is 0 Å². The fourth-order valence-electron chi connectivity index (χ4n) is 3.96. The number of carbonyl (C=O) groups excluding carboxylic acids is 1. The normalized spacial score (nSPS) is 11.5. The van der Waals surface area contributed by atoms with Gasteiger partial charge >= 0.3 is 0 Å². The number of para-hydroxylation sites is 2. The Kier molecular flexibility index (Phi) is 5.72. The third-order valence-corrected chi connectivity index (χ3v) is 5.50. The van der Waals surface area contributed by atoms with E-state index in [0.717, 1.165) is 39.1 Å². The first-order chi connectivity index (χ1) is 15.1. The van der Waals surface area contributed by atoms with Gasteiger partial charge in [0.25, 0.3) is 5.91 Å². The minimum atomic E-state index is -0.355. The lowest BCUT2D eigenvalue weighted by molar-refractivity contribution is -0.117. The highest BCUT2D eigenvalue weighted by Gasteiger charge is 2.14. The van der Waals surface area contributed by atoms with E-state index in [1.54, 1.807) is 6.08 Å². The molecule has 0 fully saturated rings. The standard InChI is InChI=1S/C26H24N4O/c1-18-14-21(19(2)30(18)23-8-4-3-5-9-23)15-22(16-27)26(31)28-13-12-20-17-29-25-11-7-6-10-24(20)25/h3-11,14-15,17,29H,12-13H2,1-2H3,(H,28,31)/b22-15+. The SMILES string of the molecule is Cc1cc(/C=C(\C#N)C(=O)NCCc2c[nH]c3ccccc23)c(C)n1-c1ccccc1. The van der Waals surface area contributed by atoms with Gasteiger partial charge in [-0.2, -0.15) is 5.26 Å². The highest BCUT2D eigenvalue weighted by atomic mass is 16.1. The summed E-state index contributed by atoms with van der Waals surface area (Å²) in [4.78, 5) is 15.9. The molecule has 31 heavy (non-hydrogen) atoms. The van der Waals surface area contributed by atoms with Crippen LogP contribution in [-0.4, -0.2) is 22.0 Å². The van der Waals surface area contributed by atoms with Crippen molar-refractivity contribution in [2.75, 3.05) is 6.54 Å². The van der Waals surface area contributed by atoms with Crippen molar-refractivity contribution in [1.29, 1.82) is 5.26 Å². The average Bonchev–Trinajstić information content (AvgIpc) is 3.32. The zero-order chi connectivity index (χ0) is 21.8. The van der Waals surface area contributed by atoms with Gasteiger partial charge < -0.3 is 14.9 Å². The van der Waals surface area contributed by atoms with E-state index in [1.165, 1.54) is 0 Å². The van der Waals surface area contributed by atoms with Gasteiger partial charge in [-0.3, -0.25) is 4.79 Å². The van der Waals surface area contributed by atoms with Gasteiger partial charge in [0.1, 0.15) is 11.6 Å². The van der Waals surface area contributed by atoms with E-state index in [4.69, 9.17) is 0 Å². The van der Waals surface area contributed by atoms with Crippen LogP contribution in [0.4, 0.5) is 0 Å². The van der Waals surface area contributed by atoms with Gasteiger partial charge in [0.2, 0.25) is 0 Å². The van der Waals surface area contributed by atoms with Crippen LogP contribution >= 0.6 is 0 Å². The number of H-pyrrole nitrogens is 1. The summed E-state index contributed by atoms with van der Waals surface area (Å²) in [5, 5.41) is 13.6. The Labute approximate surface area is 181 Å². The molecule has 2 heterocycles. The van der Waals surface area contributed by atoms with Crippen molar-refractivity contribution in [1.82, 2.24) is 14.9 Å². The maximum absolute atomic E-state index is 12.6. The largest absolute Gasteiger partial charge is 0.361 e. The van der Waals surface area contributed by atoms with Gasteiger partial charge in [-0.05, 0) is 61.7 Å². The fourth-order valence-corrected chi connectivity index (χ4v) is 3.96. The molecule has 0 aliphatic carbocycles. The van der Waals surface area contributed by atoms with Crippen LogP contribution in [0.3, 0.4) is 0 Å². The molecule has 1 amide bonds. The van der Waals surface area contributed by atoms with Crippen molar-refractivity contribution < 1.29 is 4.79 Å². The predicted molar refractivity (Wildman–Crippen MR) is 124 cm³/mol. The number of nitriles is 1. The minimum Gasteiger partial charge on any atom is -0.361 e. The summed E-state index contributed by atoms with van der Waals surface area (Å²) >= 11 is 0. The third kappa shape index (κ3) is 4.15. The van der Waals surface area contributed by atoms with Crippen LogP contribution in [0.1, 0.15) is 22.5 Å². The highest BCUT2D eigenvalue weighted by molar-refractivity contribution is 6.01. The zero-order valence-corrected chi connectivity index (χ0v) is 17.6. The molecule has 154 valence electrons. The van der Waals surface area contributed by atoms with Crippen LogP contribution in [-0.2, 0) is 11.2 Å².